The second-order valence-corrected chi connectivity index (χ2v) is 3.08. The number of hydroxylamine groups is 1. The van der Waals surface area contributed by atoms with Crippen LogP contribution in [0.1, 0.15) is 12.8 Å². The van der Waals surface area contributed by atoms with E-state index in [9.17, 15) is 9.59 Å². The first kappa shape index (κ1) is 9.79. The van der Waals surface area contributed by atoms with Crippen LogP contribution >= 0.6 is 0 Å². The summed E-state index contributed by atoms with van der Waals surface area (Å²) in [5.41, 5.74) is 6.66. The third-order valence-electron chi connectivity index (χ3n) is 2.28. The number of nitrogens with zero attached hydrogens (tertiary/aromatic N) is 1. The summed E-state index contributed by atoms with van der Waals surface area (Å²) in [4.78, 5) is 23.1. The van der Waals surface area contributed by atoms with Crippen molar-refractivity contribution in [2.45, 2.75) is 12.8 Å². The molecule has 74 valence electrons. The number of primary amides is 1. The van der Waals surface area contributed by atoms with Crippen LogP contribution in [0.3, 0.4) is 0 Å². The molecule has 3 amide bonds. The maximum Gasteiger partial charge on any atom is 0.341 e. The predicted octanol–water partition coefficient (Wildman–Crippen LogP) is -0.718. The van der Waals surface area contributed by atoms with E-state index in [0.29, 0.717) is 25.9 Å². The Kier molecular flexibility index (Phi) is 3.07. The molecule has 1 saturated heterocycles. The fourth-order valence-corrected chi connectivity index (χ4v) is 1.44. The van der Waals surface area contributed by atoms with E-state index in [1.165, 1.54) is 4.90 Å². The molecule has 0 aromatic rings. The van der Waals surface area contributed by atoms with Gasteiger partial charge in [-0.15, -0.1) is 0 Å². The maximum atomic E-state index is 10.9. The first-order valence-corrected chi connectivity index (χ1v) is 4.13. The Morgan fingerprint density at radius 2 is 1.92 bits per heavy atom. The summed E-state index contributed by atoms with van der Waals surface area (Å²) < 4.78 is 0. The molecule has 0 aromatic carbocycles. The van der Waals surface area contributed by atoms with E-state index in [2.05, 4.69) is 0 Å². The summed E-state index contributed by atoms with van der Waals surface area (Å²) >= 11 is 0. The van der Waals surface area contributed by atoms with Crippen LogP contribution < -0.4 is 11.2 Å². The van der Waals surface area contributed by atoms with Crippen LogP contribution in [-0.2, 0) is 4.79 Å². The lowest BCUT2D eigenvalue weighted by Crippen LogP contribution is -2.45. The van der Waals surface area contributed by atoms with Crippen LogP contribution in [0.2, 0.25) is 0 Å². The molecule has 0 radical (unpaired) electrons. The lowest BCUT2D eigenvalue weighted by molar-refractivity contribution is -0.123. The number of hydrogen-bond donors (Lipinski definition) is 3. The van der Waals surface area contributed by atoms with E-state index >= 15 is 0 Å². The minimum atomic E-state index is -0.525. The van der Waals surface area contributed by atoms with E-state index in [0.717, 1.165) is 0 Å². The molecule has 6 nitrogen and oxygen atoms in total. The molecular formula is C7H13N3O3. The first-order chi connectivity index (χ1) is 6.15. The molecule has 0 aliphatic carbocycles. The van der Waals surface area contributed by atoms with Crippen molar-refractivity contribution in [3.63, 3.8) is 0 Å². The molecule has 0 atom stereocenters. The average molecular weight is 187 g/mol. The third kappa shape index (κ3) is 2.32. The Labute approximate surface area is 75.6 Å². The van der Waals surface area contributed by atoms with Crippen LogP contribution in [0.15, 0.2) is 0 Å². The lowest BCUT2D eigenvalue weighted by atomic mass is 9.97. The number of carbonyl (C=O) groups is 2. The average Bonchev–Trinajstić information content (AvgIpc) is 2.17. The number of amides is 3. The van der Waals surface area contributed by atoms with Gasteiger partial charge in [0, 0.05) is 19.0 Å². The molecule has 0 spiro atoms. The first-order valence-electron chi connectivity index (χ1n) is 4.13. The van der Waals surface area contributed by atoms with Crippen molar-refractivity contribution < 1.29 is 14.8 Å². The lowest BCUT2D eigenvalue weighted by Gasteiger charge is -2.29. The molecule has 1 heterocycles. The highest BCUT2D eigenvalue weighted by atomic mass is 16.5. The standard InChI is InChI=1S/C7H13N3O3/c8-6(11)5-1-3-10(4-2-5)7(12)9-13/h5,13H,1-4H2,(H2,8,11)(H,9,12). The van der Waals surface area contributed by atoms with Gasteiger partial charge in [-0.05, 0) is 12.8 Å². The van der Waals surface area contributed by atoms with Crippen molar-refractivity contribution in [1.82, 2.24) is 10.4 Å². The number of hydrogen-bond acceptors (Lipinski definition) is 3. The Morgan fingerprint density at radius 3 is 2.31 bits per heavy atom. The van der Waals surface area contributed by atoms with Crippen LogP contribution in [0.25, 0.3) is 0 Å². The van der Waals surface area contributed by atoms with Crippen molar-refractivity contribution >= 4 is 11.9 Å². The van der Waals surface area contributed by atoms with Crippen molar-refractivity contribution in [3.05, 3.63) is 0 Å². The summed E-state index contributed by atoms with van der Waals surface area (Å²) in [5.74, 6) is -0.452. The zero-order valence-electron chi connectivity index (χ0n) is 7.19. The Hall–Kier alpha value is -1.30. The zero-order chi connectivity index (χ0) is 9.84. The highest BCUT2D eigenvalue weighted by Gasteiger charge is 2.25. The monoisotopic (exact) mass is 187 g/mol. The summed E-state index contributed by atoms with van der Waals surface area (Å²) in [6, 6.07) is -0.525. The van der Waals surface area contributed by atoms with Gasteiger partial charge in [-0.25, -0.2) is 10.3 Å². The molecule has 0 aromatic heterocycles. The third-order valence-corrected chi connectivity index (χ3v) is 2.28. The van der Waals surface area contributed by atoms with Gasteiger partial charge >= 0.3 is 6.03 Å². The van der Waals surface area contributed by atoms with Crippen molar-refractivity contribution in [2.24, 2.45) is 11.7 Å². The van der Waals surface area contributed by atoms with E-state index in [1.807, 2.05) is 0 Å². The van der Waals surface area contributed by atoms with Crippen molar-refractivity contribution in [1.29, 1.82) is 0 Å². The molecule has 6 heteroatoms. The molecule has 0 saturated carbocycles. The van der Waals surface area contributed by atoms with Gasteiger partial charge in [0.2, 0.25) is 5.91 Å². The van der Waals surface area contributed by atoms with Crippen molar-refractivity contribution in [3.8, 4) is 0 Å². The van der Waals surface area contributed by atoms with E-state index in [4.69, 9.17) is 10.9 Å². The SMILES string of the molecule is NC(=O)C1CCN(C(=O)NO)CC1. The topological polar surface area (TPSA) is 95.7 Å². The Bertz CT molecular complexity index is 211. The van der Waals surface area contributed by atoms with Crippen LogP contribution in [-0.4, -0.2) is 35.1 Å². The van der Waals surface area contributed by atoms with Gasteiger partial charge in [-0.1, -0.05) is 0 Å². The van der Waals surface area contributed by atoms with E-state index < -0.39 is 6.03 Å². The molecule has 13 heavy (non-hydrogen) atoms. The van der Waals surface area contributed by atoms with Gasteiger partial charge in [0.1, 0.15) is 0 Å². The van der Waals surface area contributed by atoms with E-state index in [1.54, 1.807) is 5.48 Å². The fraction of sp³-hybridized carbons (Fsp3) is 0.714. The highest BCUT2D eigenvalue weighted by Crippen LogP contribution is 2.16. The minimum absolute atomic E-state index is 0.136. The summed E-state index contributed by atoms with van der Waals surface area (Å²) in [7, 11) is 0. The molecule has 1 fully saturated rings. The maximum absolute atomic E-state index is 10.9. The largest absolute Gasteiger partial charge is 0.369 e. The van der Waals surface area contributed by atoms with Crippen molar-refractivity contribution in [2.75, 3.05) is 13.1 Å². The fourth-order valence-electron chi connectivity index (χ4n) is 1.44. The molecule has 4 N–H and O–H groups in total. The quantitative estimate of drug-likeness (QED) is 0.373. The van der Waals surface area contributed by atoms with Gasteiger partial charge in [-0.2, -0.15) is 0 Å². The summed E-state index contributed by atoms with van der Waals surface area (Å²) in [5, 5.41) is 8.33. The number of rotatable bonds is 1. The summed E-state index contributed by atoms with van der Waals surface area (Å²) in [6.45, 7) is 0.917. The predicted molar refractivity (Wildman–Crippen MR) is 43.8 cm³/mol. The molecule has 0 unspecified atom stereocenters. The number of piperidine rings is 1. The zero-order valence-corrected chi connectivity index (χ0v) is 7.19. The molecule has 1 rings (SSSR count). The van der Waals surface area contributed by atoms with Gasteiger partial charge < -0.3 is 10.6 Å². The van der Waals surface area contributed by atoms with Crippen LogP contribution in [0, 0.1) is 5.92 Å². The van der Waals surface area contributed by atoms with Gasteiger partial charge in [0.25, 0.3) is 0 Å². The summed E-state index contributed by atoms with van der Waals surface area (Å²) in [6.07, 6.45) is 1.14. The smallest absolute Gasteiger partial charge is 0.341 e. The molecule has 1 aliphatic heterocycles. The Balaban J connectivity index is 2.39. The van der Waals surface area contributed by atoms with Gasteiger partial charge in [0.05, 0.1) is 0 Å². The minimum Gasteiger partial charge on any atom is -0.369 e. The molecular weight excluding hydrogens is 174 g/mol. The second-order valence-electron chi connectivity index (χ2n) is 3.08. The number of carbonyl (C=O) groups excluding carboxylic acids is 2. The Morgan fingerprint density at radius 1 is 1.38 bits per heavy atom. The number of likely N-dealkylation sites (tertiary alicyclic amines) is 1. The molecule has 0 bridgehead atoms. The second kappa shape index (κ2) is 4.08. The highest BCUT2D eigenvalue weighted by molar-refractivity contribution is 5.77. The normalized spacial score (nSPS) is 18.4. The van der Waals surface area contributed by atoms with Crippen LogP contribution in [0.5, 0.6) is 0 Å². The van der Waals surface area contributed by atoms with Crippen LogP contribution in [0.4, 0.5) is 4.79 Å². The number of nitrogens with one attached hydrogen (secondary N) is 1. The van der Waals surface area contributed by atoms with Gasteiger partial charge in [-0.3, -0.25) is 10.0 Å². The molecule has 1 aliphatic rings. The van der Waals surface area contributed by atoms with Gasteiger partial charge in [0.15, 0.2) is 0 Å². The number of nitrogens with two attached hydrogens (primary N) is 1. The number of urea groups is 1. The van der Waals surface area contributed by atoms with E-state index in [-0.39, 0.29) is 11.8 Å².